The van der Waals surface area contributed by atoms with Crippen LogP contribution in [0.1, 0.15) is 13.8 Å². The van der Waals surface area contributed by atoms with E-state index in [1.165, 1.54) is 0 Å². The average molecular weight is 131 g/mol. The molecule has 0 saturated carbocycles. The second-order valence-corrected chi connectivity index (χ2v) is 2.41. The third-order valence-corrected chi connectivity index (χ3v) is 1.56. The summed E-state index contributed by atoms with van der Waals surface area (Å²) < 4.78 is 5.09. The van der Waals surface area contributed by atoms with Crippen LogP contribution in [0.3, 0.4) is 0 Å². The van der Waals surface area contributed by atoms with Crippen LogP contribution >= 0.6 is 12.2 Å². The molecule has 1 heterocycles. The molecule has 0 aromatic rings. The lowest BCUT2D eigenvalue weighted by Gasteiger charge is -2.03. The SMILES string of the molecule is C[C@@H]1OC(=S)N[C@@H]1C. The Balaban J connectivity index is 2.51. The molecule has 1 aliphatic heterocycles. The van der Waals surface area contributed by atoms with Gasteiger partial charge in [-0.1, -0.05) is 0 Å². The van der Waals surface area contributed by atoms with Crippen molar-refractivity contribution < 1.29 is 4.74 Å². The highest BCUT2D eigenvalue weighted by molar-refractivity contribution is 7.80. The summed E-state index contributed by atoms with van der Waals surface area (Å²) in [6.07, 6.45) is 0.238. The van der Waals surface area contributed by atoms with E-state index in [0.717, 1.165) is 0 Å². The largest absolute Gasteiger partial charge is 0.466 e. The van der Waals surface area contributed by atoms with E-state index in [0.29, 0.717) is 11.2 Å². The molecule has 1 fully saturated rings. The molecule has 1 aliphatic rings. The number of thiocarbonyl (C=S) groups is 1. The lowest BCUT2D eigenvalue weighted by atomic mass is 10.2. The second-order valence-electron chi connectivity index (χ2n) is 2.04. The van der Waals surface area contributed by atoms with E-state index >= 15 is 0 Å². The van der Waals surface area contributed by atoms with Gasteiger partial charge in [0.1, 0.15) is 6.10 Å². The van der Waals surface area contributed by atoms with Crippen molar-refractivity contribution in [2.75, 3.05) is 0 Å². The van der Waals surface area contributed by atoms with Crippen molar-refractivity contribution in [2.45, 2.75) is 26.0 Å². The van der Waals surface area contributed by atoms with Crippen molar-refractivity contribution in [1.82, 2.24) is 5.32 Å². The van der Waals surface area contributed by atoms with Crippen LogP contribution in [0.5, 0.6) is 0 Å². The summed E-state index contributed by atoms with van der Waals surface area (Å²) in [5.41, 5.74) is 0. The predicted molar refractivity (Wildman–Crippen MR) is 35.7 cm³/mol. The van der Waals surface area contributed by atoms with Crippen molar-refractivity contribution in [3.05, 3.63) is 0 Å². The molecule has 0 aromatic heterocycles. The number of nitrogens with one attached hydrogen (secondary N) is 1. The summed E-state index contributed by atoms with van der Waals surface area (Å²) in [4.78, 5) is 0. The van der Waals surface area contributed by atoms with Gasteiger partial charge in [0.25, 0.3) is 5.17 Å². The first-order chi connectivity index (χ1) is 3.70. The molecule has 0 amide bonds. The van der Waals surface area contributed by atoms with Crippen molar-refractivity contribution in [3.63, 3.8) is 0 Å². The van der Waals surface area contributed by atoms with Crippen LogP contribution in [0.2, 0.25) is 0 Å². The third kappa shape index (κ3) is 0.916. The van der Waals surface area contributed by atoms with Gasteiger partial charge in [-0.05, 0) is 26.1 Å². The molecule has 2 atom stereocenters. The molecule has 1 saturated heterocycles. The molecule has 0 spiro atoms. The standard InChI is InChI=1S/C5H9NOS/c1-3-4(2)7-5(8)6-3/h3-4H,1-2H3,(H,6,8)/t3-,4+/m1/s1. The fourth-order valence-corrected chi connectivity index (χ4v) is 0.946. The summed E-state index contributed by atoms with van der Waals surface area (Å²) >= 11 is 4.74. The van der Waals surface area contributed by atoms with Crippen LogP contribution < -0.4 is 5.32 Å². The normalized spacial score (nSPS) is 36.5. The van der Waals surface area contributed by atoms with Crippen LogP contribution in [-0.4, -0.2) is 17.3 Å². The molecule has 1 N–H and O–H groups in total. The molecule has 8 heavy (non-hydrogen) atoms. The molecule has 3 heteroatoms. The molecule has 1 rings (SSSR count). The summed E-state index contributed by atoms with van der Waals surface area (Å²) in [5.74, 6) is 0. The van der Waals surface area contributed by atoms with Crippen LogP contribution in [-0.2, 0) is 4.74 Å². The van der Waals surface area contributed by atoms with E-state index in [-0.39, 0.29) is 6.10 Å². The fourth-order valence-electron chi connectivity index (χ4n) is 0.608. The molecule has 0 bridgehead atoms. The number of hydrogen-bond acceptors (Lipinski definition) is 2. The van der Waals surface area contributed by atoms with Gasteiger partial charge in [-0.3, -0.25) is 0 Å². The van der Waals surface area contributed by atoms with Crippen LogP contribution in [0.25, 0.3) is 0 Å². The Morgan fingerprint density at radius 3 is 2.38 bits per heavy atom. The summed E-state index contributed by atoms with van der Waals surface area (Å²) in [5, 5.41) is 3.51. The smallest absolute Gasteiger partial charge is 0.257 e. The molecule has 0 aliphatic carbocycles. The molecule has 0 unspecified atom stereocenters. The summed E-state index contributed by atoms with van der Waals surface area (Å²) in [6, 6.07) is 0.377. The van der Waals surface area contributed by atoms with Crippen molar-refractivity contribution >= 4 is 17.4 Å². The van der Waals surface area contributed by atoms with Gasteiger partial charge in [0.15, 0.2) is 0 Å². The topological polar surface area (TPSA) is 21.3 Å². The predicted octanol–water partition coefficient (Wildman–Crippen LogP) is 0.668. The van der Waals surface area contributed by atoms with Gasteiger partial charge in [0.2, 0.25) is 0 Å². The van der Waals surface area contributed by atoms with E-state index in [2.05, 4.69) is 5.32 Å². The maximum absolute atomic E-state index is 5.09. The van der Waals surface area contributed by atoms with Gasteiger partial charge in [0, 0.05) is 0 Å². The zero-order chi connectivity index (χ0) is 6.15. The van der Waals surface area contributed by atoms with E-state index in [4.69, 9.17) is 17.0 Å². The number of hydrogen-bond donors (Lipinski definition) is 1. The van der Waals surface area contributed by atoms with E-state index in [1.807, 2.05) is 13.8 Å². The maximum atomic E-state index is 5.09. The lowest BCUT2D eigenvalue weighted by molar-refractivity contribution is 0.231. The van der Waals surface area contributed by atoms with Crippen molar-refractivity contribution in [2.24, 2.45) is 0 Å². The van der Waals surface area contributed by atoms with Gasteiger partial charge in [-0.15, -0.1) is 0 Å². The molecular formula is C5H9NOS. The summed E-state index contributed by atoms with van der Waals surface area (Å²) in [6.45, 7) is 4.04. The van der Waals surface area contributed by atoms with Crippen LogP contribution in [0.4, 0.5) is 0 Å². The number of rotatable bonds is 0. The molecular weight excluding hydrogens is 122 g/mol. The Morgan fingerprint density at radius 1 is 1.62 bits per heavy atom. The maximum Gasteiger partial charge on any atom is 0.257 e. The zero-order valence-electron chi connectivity index (χ0n) is 4.97. The Bertz CT molecular complexity index is 103. The molecule has 0 radical (unpaired) electrons. The number of ether oxygens (including phenoxy) is 1. The molecule has 46 valence electrons. The van der Waals surface area contributed by atoms with Gasteiger partial charge >= 0.3 is 0 Å². The first-order valence-corrected chi connectivity index (χ1v) is 3.08. The molecule has 0 aromatic carbocycles. The highest BCUT2D eigenvalue weighted by Crippen LogP contribution is 2.05. The van der Waals surface area contributed by atoms with Gasteiger partial charge in [-0.2, -0.15) is 0 Å². The quantitative estimate of drug-likeness (QED) is 0.488. The lowest BCUT2D eigenvalue weighted by Crippen LogP contribution is -2.25. The van der Waals surface area contributed by atoms with Gasteiger partial charge in [-0.25, -0.2) is 0 Å². The monoisotopic (exact) mass is 131 g/mol. The Morgan fingerprint density at radius 2 is 2.25 bits per heavy atom. The molecule has 2 nitrogen and oxygen atoms in total. The fraction of sp³-hybridized carbons (Fsp3) is 0.800. The second kappa shape index (κ2) is 1.90. The van der Waals surface area contributed by atoms with E-state index < -0.39 is 0 Å². The minimum Gasteiger partial charge on any atom is -0.466 e. The zero-order valence-corrected chi connectivity index (χ0v) is 5.79. The van der Waals surface area contributed by atoms with E-state index in [1.54, 1.807) is 0 Å². The van der Waals surface area contributed by atoms with Crippen molar-refractivity contribution in [1.29, 1.82) is 0 Å². The first-order valence-electron chi connectivity index (χ1n) is 2.67. The third-order valence-electron chi connectivity index (χ3n) is 1.34. The van der Waals surface area contributed by atoms with E-state index in [9.17, 15) is 0 Å². The Hall–Kier alpha value is -0.310. The Labute approximate surface area is 54.2 Å². The minimum absolute atomic E-state index is 0.238. The van der Waals surface area contributed by atoms with Crippen LogP contribution in [0, 0.1) is 0 Å². The first kappa shape index (κ1) is 5.82. The highest BCUT2D eigenvalue weighted by atomic mass is 32.1. The van der Waals surface area contributed by atoms with Crippen molar-refractivity contribution in [3.8, 4) is 0 Å². The van der Waals surface area contributed by atoms with Gasteiger partial charge < -0.3 is 10.1 Å². The van der Waals surface area contributed by atoms with Crippen LogP contribution in [0.15, 0.2) is 0 Å². The Kier molecular flexibility index (Phi) is 1.38. The summed E-state index contributed by atoms with van der Waals surface area (Å²) in [7, 11) is 0. The minimum atomic E-state index is 0.238. The highest BCUT2D eigenvalue weighted by Gasteiger charge is 2.22. The average Bonchev–Trinajstić information content (AvgIpc) is 1.85. The van der Waals surface area contributed by atoms with Gasteiger partial charge in [0.05, 0.1) is 6.04 Å².